The molecular weight excluding hydrogens is 402 g/mol. The van der Waals surface area contributed by atoms with Crippen LogP contribution in [0.25, 0.3) is 11.3 Å². The smallest absolute Gasteiger partial charge is 0.259 e. The normalized spacial score (nSPS) is 17.2. The van der Waals surface area contributed by atoms with Crippen LogP contribution >= 0.6 is 0 Å². The Bertz CT molecular complexity index is 1110. The van der Waals surface area contributed by atoms with Crippen molar-refractivity contribution in [2.24, 2.45) is 0 Å². The van der Waals surface area contributed by atoms with Crippen LogP contribution < -0.4 is 0 Å². The third-order valence-corrected chi connectivity index (χ3v) is 6.02. The van der Waals surface area contributed by atoms with Crippen LogP contribution in [-0.2, 0) is 0 Å². The second-order valence-electron chi connectivity index (χ2n) is 8.30. The van der Waals surface area contributed by atoms with E-state index in [1.807, 2.05) is 19.2 Å². The van der Waals surface area contributed by atoms with Gasteiger partial charge in [-0.3, -0.25) is 4.79 Å². The lowest BCUT2D eigenvalue weighted by atomic mass is 9.89. The first-order valence-electron chi connectivity index (χ1n) is 10.5. The molecule has 8 heteroatoms. The fourth-order valence-corrected chi connectivity index (χ4v) is 4.16. The van der Waals surface area contributed by atoms with Gasteiger partial charge < -0.3 is 9.42 Å². The topological polar surface area (TPSA) is 72.1 Å². The summed E-state index contributed by atoms with van der Waals surface area (Å²) in [7, 11) is 0. The molecule has 2 aromatic heterocycles. The van der Waals surface area contributed by atoms with Gasteiger partial charge in [0.1, 0.15) is 23.0 Å². The fraction of sp³-hybridized carbons (Fsp3) is 0.391. The highest BCUT2D eigenvalue weighted by atomic mass is 19.1. The summed E-state index contributed by atoms with van der Waals surface area (Å²) >= 11 is 0. The molecule has 0 spiro atoms. The van der Waals surface area contributed by atoms with Crippen LogP contribution in [0.4, 0.5) is 8.78 Å². The van der Waals surface area contributed by atoms with Gasteiger partial charge in [0, 0.05) is 37.2 Å². The van der Waals surface area contributed by atoms with Crippen molar-refractivity contribution in [3.05, 3.63) is 64.9 Å². The van der Waals surface area contributed by atoms with E-state index in [9.17, 15) is 13.6 Å². The maximum absolute atomic E-state index is 14.0. The van der Waals surface area contributed by atoms with Gasteiger partial charge in [-0.2, -0.15) is 0 Å². The lowest BCUT2D eigenvalue weighted by Gasteiger charge is -2.32. The van der Waals surface area contributed by atoms with E-state index in [0.29, 0.717) is 37.6 Å². The minimum Gasteiger partial charge on any atom is -0.356 e. The molecule has 2 aliphatic rings. The summed E-state index contributed by atoms with van der Waals surface area (Å²) in [5.41, 5.74) is 2.00. The molecule has 1 aliphatic carbocycles. The highest BCUT2D eigenvalue weighted by molar-refractivity contribution is 5.94. The van der Waals surface area contributed by atoms with Crippen LogP contribution in [0.1, 0.15) is 65.1 Å². The standard InChI is InChI=1S/C23H22F2N4O2/c1-13-11-19(31-28-13)16-12-26-22(15-5-6-15)27-21(16)14-7-9-29(10-8-14)23(30)20-17(24)3-2-4-18(20)25/h2-4,11-12,14-15H,5-10H2,1H3. The Balaban J connectivity index is 1.39. The molecule has 1 amide bonds. The number of piperidine rings is 1. The first-order chi connectivity index (χ1) is 15.0. The van der Waals surface area contributed by atoms with Crippen molar-refractivity contribution in [1.82, 2.24) is 20.0 Å². The van der Waals surface area contributed by atoms with Gasteiger partial charge >= 0.3 is 0 Å². The summed E-state index contributed by atoms with van der Waals surface area (Å²) in [5, 5.41) is 3.98. The summed E-state index contributed by atoms with van der Waals surface area (Å²) in [6.07, 6.45) is 5.29. The van der Waals surface area contributed by atoms with Crippen molar-refractivity contribution in [2.75, 3.05) is 13.1 Å². The number of amides is 1. The Morgan fingerprint density at radius 1 is 1.10 bits per heavy atom. The van der Waals surface area contributed by atoms with Gasteiger partial charge in [-0.15, -0.1) is 0 Å². The largest absolute Gasteiger partial charge is 0.356 e. The zero-order valence-corrected chi connectivity index (χ0v) is 17.1. The molecule has 2 fully saturated rings. The van der Waals surface area contributed by atoms with Crippen LogP contribution in [-0.4, -0.2) is 39.0 Å². The van der Waals surface area contributed by atoms with Gasteiger partial charge in [-0.25, -0.2) is 18.7 Å². The molecule has 1 aromatic carbocycles. The molecule has 1 aliphatic heterocycles. The molecule has 1 saturated carbocycles. The van der Waals surface area contributed by atoms with E-state index >= 15 is 0 Å². The summed E-state index contributed by atoms with van der Waals surface area (Å²) in [5.74, 6) is -0.296. The lowest BCUT2D eigenvalue weighted by Crippen LogP contribution is -2.39. The monoisotopic (exact) mass is 424 g/mol. The maximum atomic E-state index is 14.0. The van der Waals surface area contributed by atoms with Crippen molar-refractivity contribution in [3.8, 4) is 11.3 Å². The summed E-state index contributed by atoms with van der Waals surface area (Å²) in [6.45, 7) is 2.65. The second kappa shape index (κ2) is 7.83. The molecule has 160 valence electrons. The third-order valence-electron chi connectivity index (χ3n) is 6.02. The number of aromatic nitrogens is 3. The number of likely N-dealkylation sites (tertiary alicyclic amines) is 1. The van der Waals surface area contributed by atoms with Crippen molar-refractivity contribution < 1.29 is 18.1 Å². The Hall–Kier alpha value is -3.16. The summed E-state index contributed by atoms with van der Waals surface area (Å²) in [6, 6.07) is 5.33. The average Bonchev–Trinajstić information content (AvgIpc) is 3.54. The van der Waals surface area contributed by atoms with Gasteiger partial charge in [0.2, 0.25) is 0 Å². The molecule has 1 saturated heterocycles. The Kier molecular flexibility index (Phi) is 5.00. The minimum absolute atomic E-state index is 0.0930. The molecule has 0 radical (unpaired) electrons. The Labute approximate surface area is 178 Å². The van der Waals surface area contributed by atoms with Crippen molar-refractivity contribution in [3.63, 3.8) is 0 Å². The number of aryl methyl sites for hydroxylation is 1. The first-order valence-corrected chi connectivity index (χ1v) is 10.5. The molecule has 5 rings (SSSR count). The highest BCUT2D eigenvalue weighted by Crippen LogP contribution is 2.41. The predicted octanol–water partition coefficient (Wildman–Crippen LogP) is 4.62. The van der Waals surface area contributed by atoms with Gasteiger partial charge in [0.25, 0.3) is 5.91 Å². The fourth-order valence-electron chi connectivity index (χ4n) is 4.16. The first kappa shape index (κ1) is 19.8. The molecule has 3 heterocycles. The van der Waals surface area contributed by atoms with E-state index in [2.05, 4.69) is 10.1 Å². The zero-order chi connectivity index (χ0) is 21.5. The van der Waals surface area contributed by atoms with Crippen molar-refractivity contribution >= 4 is 5.91 Å². The maximum Gasteiger partial charge on any atom is 0.259 e. The average molecular weight is 424 g/mol. The van der Waals surface area contributed by atoms with E-state index in [1.165, 1.54) is 11.0 Å². The van der Waals surface area contributed by atoms with E-state index in [0.717, 1.165) is 47.8 Å². The zero-order valence-electron chi connectivity index (χ0n) is 17.1. The van der Waals surface area contributed by atoms with Crippen LogP contribution in [0.15, 0.2) is 35.0 Å². The van der Waals surface area contributed by atoms with Gasteiger partial charge in [-0.1, -0.05) is 11.2 Å². The second-order valence-corrected chi connectivity index (χ2v) is 8.30. The van der Waals surface area contributed by atoms with Crippen LogP contribution in [0.3, 0.4) is 0 Å². The minimum atomic E-state index is -0.833. The number of carbonyl (C=O) groups excluding carboxylic acids is 1. The molecule has 0 atom stereocenters. The quantitative estimate of drug-likeness (QED) is 0.611. The number of rotatable bonds is 4. The number of halogens is 2. The van der Waals surface area contributed by atoms with Crippen molar-refractivity contribution in [2.45, 2.75) is 44.4 Å². The Morgan fingerprint density at radius 3 is 2.42 bits per heavy atom. The number of benzene rings is 1. The molecular formula is C23H22F2N4O2. The summed E-state index contributed by atoms with van der Waals surface area (Å²) < 4.78 is 33.6. The predicted molar refractivity (Wildman–Crippen MR) is 108 cm³/mol. The van der Waals surface area contributed by atoms with E-state index in [4.69, 9.17) is 9.51 Å². The summed E-state index contributed by atoms with van der Waals surface area (Å²) in [4.78, 5) is 23.7. The third kappa shape index (κ3) is 3.82. The molecule has 6 nitrogen and oxygen atoms in total. The lowest BCUT2D eigenvalue weighted by molar-refractivity contribution is 0.0702. The molecule has 0 N–H and O–H groups in total. The van der Waals surface area contributed by atoms with Crippen LogP contribution in [0.5, 0.6) is 0 Å². The molecule has 0 bridgehead atoms. The Morgan fingerprint density at radius 2 is 1.81 bits per heavy atom. The van der Waals surface area contributed by atoms with Crippen molar-refractivity contribution in [1.29, 1.82) is 0 Å². The molecule has 3 aromatic rings. The van der Waals surface area contributed by atoms with E-state index < -0.39 is 23.1 Å². The number of carbonyl (C=O) groups is 1. The number of nitrogens with zero attached hydrogens (tertiary/aromatic N) is 4. The molecule has 0 unspecified atom stereocenters. The van der Waals surface area contributed by atoms with E-state index in [1.54, 1.807) is 0 Å². The number of hydrogen-bond acceptors (Lipinski definition) is 5. The van der Waals surface area contributed by atoms with E-state index in [-0.39, 0.29) is 5.92 Å². The SMILES string of the molecule is Cc1cc(-c2cnc(C3CC3)nc2C2CCN(C(=O)c3c(F)cccc3F)CC2)on1. The highest BCUT2D eigenvalue weighted by Gasteiger charge is 2.32. The van der Waals surface area contributed by atoms with Gasteiger partial charge in [0.05, 0.1) is 17.0 Å². The number of hydrogen-bond donors (Lipinski definition) is 0. The van der Waals surface area contributed by atoms with Crippen LogP contribution in [0.2, 0.25) is 0 Å². The molecule has 31 heavy (non-hydrogen) atoms. The van der Waals surface area contributed by atoms with Gasteiger partial charge in [-0.05, 0) is 44.7 Å². The van der Waals surface area contributed by atoms with Crippen LogP contribution in [0, 0.1) is 18.6 Å². The van der Waals surface area contributed by atoms with Gasteiger partial charge in [0.15, 0.2) is 5.76 Å².